The minimum atomic E-state index is -1.01. The Kier molecular flexibility index (Phi) is 5.42. The van der Waals surface area contributed by atoms with E-state index in [0.717, 1.165) is 18.2 Å². The zero-order chi connectivity index (χ0) is 23.9. The molecule has 0 spiro atoms. The van der Waals surface area contributed by atoms with Crippen molar-refractivity contribution in [1.29, 1.82) is 0 Å². The molecule has 0 aromatic heterocycles. The van der Waals surface area contributed by atoms with Crippen molar-refractivity contribution in [3.05, 3.63) is 59.2 Å². The Labute approximate surface area is 187 Å². The molecule has 0 fully saturated rings. The number of carbonyl (C=O) groups is 1. The molecule has 4 rings (SSSR count). The minimum Gasteiger partial charge on any atom is -0.508 e. The van der Waals surface area contributed by atoms with Crippen LogP contribution in [0.3, 0.4) is 0 Å². The minimum absolute atomic E-state index is 0.00288. The first-order chi connectivity index (χ1) is 15.7. The number of methoxy groups -OCH3 is 1. The van der Waals surface area contributed by atoms with Gasteiger partial charge in [-0.2, -0.15) is 0 Å². The van der Waals surface area contributed by atoms with Crippen molar-refractivity contribution >= 4 is 5.97 Å². The van der Waals surface area contributed by atoms with Crippen molar-refractivity contribution in [3.63, 3.8) is 0 Å². The van der Waals surface area contributed by atoms with Gasteiger partial charge in [0.25, 0.3) is 0 Å². The number of ether oxygens (including phenoxy) is 3. The molecule has 33 heavy (non-hydrogen) atoms. The fourth-order valence-corrected chi connectivity index (χ4v) is 3.63. The van der Waals surface area contributed by atoms with E-state index in [0.29, 0.717) is 11.1 Å². The number of phenols is 6. The largest absolute Gasteiger partial charge is 0.508 e. The predicted octanol–water partition coefficient (Wildman–Crippen LogP) is 2.83. The van der Waals surface area contributed by atoms with Crippen LogP contribution in [-0.2, 0) is 11.2 Å². The van der Waals surface area contributed by atoms with Crippen molar-refractivity contribution in [3.8, 4) is 46.0 Å². The van der Waals surface area contributed by atoms with Crippen LogP contribution < -0.4 is 9.47 Å². The third kappa shape index (κ3) is 4.05. The van der Waals surface area contributed by atoms with Crippen molar-refractivity contribution in [2.24, 2.45) is 0 Å². The summed E-state index contributed by atoms with van der Waals surface area (Å²) in [5.74, 6) is -3.40. The van der Waals surface area contributed by atoms with Crippen molar-refractivity contribution in [2.45, 2.75) is 18.6 Å². The van der Waals surface area contributed by atoms with E-state index in [1.54, 1.807) is 0 Å². The zero-order valence-corrected chi connectivity index (χ0v) is 17.2. The van der Waals surface area contributed by atoms with Gasteiger partial charge in [0.1, 0.15) is 23.4 Å². The molecule has 0 saturated carbocycles. The number of hydrogen-bond donors (Lipinski definition) is 6. The summed E-state index contributed by atoms with van der Waals surface area (Å²) >= 11 is 0. The zero-order valence-electron chi connectivity index (χ0n) is 17.2. The first kappa shape index (κ1) is 21.8. The molecule has 1 aliphatic heterocycles. The summed E-state index contributed by atoms with van der Waals surface area (Å²) in [6.45, 7) is 0. The van der Waals surface area contributed by atoms with Gasteiger partial charge in [0.05, 0.1) is 12.7 Å². The Morgan fingerprint density at radius 1 is 0.909 bits per heavy atom. The molecule has 0 amide bonds. The number of rotatable bonds is 4. The second-order valence-electron chi connectivity index (χ2n) is 7.42. The van der Waals surface area contributed by atoms with Gasteiger partial charge in [-0.05, 0) is 24.3 Å². The summed E-state index contributed by atoms with van der Waals surface area (Å²) in [6, 6.07) is 8.71. The van der Waals surface area contributed by atoms with E-state index >= 15 is 0 Å². The van der Waals surface area contributed by atoms with E-state index in [9.17, 15) is 35.4 Å². The molecule has 10 nitrogen and oxygen atoms in total. The van der Waals surface area contributed by atoms with Gasteiger partial charge < -0.3 is 44.8 Å². The molecule has 3 aromatic rings. The van der Waals surface area contributed by atoms with Crippen LogP contribution in [0.4, 0.5) is 0 Å². The number of hydrogen-bond acceptors (Lipinski definition) is 10. The molecule has 3 aromatic carbocycles. The van der Waals surface area contributed by atoms with E-state index in [-0.39, 0.29) is 40.7 Å². The molecule has 0 aliphatic carbocycles. The average Bonchev–Trinajstić information content (AvgIpc) is 2.77. The normalized spacial score (nSPS) is 17.0. The summed E-state index contributed by atoms with van der Waals surface area (Å²) in [5.41, 5.74) is 0.530. The molecule has 0 bridgehead atoms. The maximum absolute atomic E-state index is 12.8. The fourth-order valence-electron chi connectivity index (χ4n) is 3.63. The Hall–Kier alpha value is -4.47. The van der Waals surface area contributed by atoms with E-state index in [1.807, 2.05) is 0 Å². The molecule has 10 heteroatoms. The van der Waals surface area contributed by atoms with Gasteiger partial charge >= 0.3 is 5.97 Å². The van der Waals surface area contributed by atoms with Gasteiger partial charge in [0.15, 0.2) is 34.9 Å². The summed E-state index contributed by atoms with van der Waals surface area (Å²) in [7, 11) is 1.37. The monoisotopic (exact) mass is 456 g/mol. The maximum Gasteiger partial charge on any atom is 0.338 e. The summed E-state index contributed by atoms with van der Waals surface area (Å²) in [5, 5.41) is 58.9. The lowest BCUT2D eigenvalue weighted by Gasteiger charge is -2.34. The van der Waals surface area contributed by atoms with Crippen LogP contribution in [0.1, 0.15) is 27.6 Å². The lowest BCUT2D eigenvalue weighted by molar-refractivity contribution is -0.0189. The highest BCUT2D eigenvalue weighted by atomic mass is 16.6. The van der Waals surface area contributed by atoms with E-state index < -0.39 is 35.4 Å². The number of esters is 1. The van der Waals surface area contributed by atoms with E-state index in [4.69, 9.17) is 14.2 Å². The Balaban J connectivity index is 1.73. The maximum atomic E-state index is 12.8. The number of fused-ring (bicyclic) bond motifs is 1. The number of aromatic hydroxyl groups is 6. The second-order valence-corrected chi connectivity index (χ2v) is 7.42. The van der Waals surface area contributed by atoms with Crippen molar-refractivity contribution in [2.75, 3.05) is 7.11 Å². The van der Waals surface area contributed by atoms with E-state index in [2.05, 4.69) is 0 Å². The summed E-state index contributed by atoms with van der Waals surface area (Å²) in [6.07, 6.45) is -1.94. The molecule has 1 heterocycles. The van der Waals surface area contributed by atoms with Gasteiger partial charge in [0.2, 0.25) is 0 Å². The number of phenolic OH excluding ortho intramolecular Hbond substituents is 6. The smallest absolute Gasteiger partial charge is 0.338 e. The van der Waals surface area contributed by atoms with Gasteiger partial charge in [-0.3, -0.25) is 0 Å². The predicted molar refractivity (Wildman–Crippen MR) is 112 cm³/mol. The van der Waals surface area contributed by atoms with Crippen LogP contribution in [0.25, 0.3) is 0 Å². The van der Waals surface area contributed by atoms with Gasteiger partial charge in [0, 0.05) is 29.7 Å². The first-order valence-corrected chi connectivity index (χ1v) is 9.72. The standard InChI is InChI=1S/C23H20O10/c1-31-19-6-10(2-3-14(19)25)22-20(9-13-15(26)7-12(24)8-18(13)32-22)33-23(30)11-4-16(27)21(29)17(28)5-11/h2-8,20,22,24-29H,9H2,1H3. The van der Waals surface area contributed by atoms with Gasteiger partial charge in [-0.25, -0.2) is 4.79 Å². The SMILES string of the molecule is COc1cc(C2Oc3cc(O)cc(O)c3CC2OC(=O)c2cc(O)c(O)c(O)c2)ccc1O. The Morgan fingerprint density at radius 2 is 1.61 bits per heavy atom. The van der Waals surface area contributed by atoms with E-state index in [1.165, 1.54) is 31.4 Å². The first-order valence-electron chi connectivity index (χ1n) is 9.72. The lowest BCUT2D eigenvalue weighted by atomic mass is 9.93. The molecule has 172 valence electrons. The highest BCUT2D eigenvalue weighted by Crippen LogP contribution is 2.44. The number of carbonyl (C=O) groups excluding carboxylic acids is 1. The van der Waals surface area contributed by atoms with Gasteiger partial charge in [-0.1, -0.05) is 6.07 Å². The van der Waals surface area contributed by atoms with Gasteiger partial charge in [-0.15, -0.1) is 0 Å². The summed E-state index contributed by atoms with van der Waals surface area (Å²) < 4.78 is 16.7. The van der Waals surface area contributed by atoms with Crippen molar-refractivity contribution < 1.29 is 49.6 Å². The fraction of sp³-hybridized carbons (Fsp3) is 0.174. The van der Waals surface area contributed by atoms with Crippen LogP contribution in [0, 0.1) is 0 Å². The second kappa shape index (κ2) is 8.23. The lowest BCUT2D eigenvalue weighted by Crippen LogP contribution is -2.34. The van der Waals surface area contributed by atoms with Crippen LogP contribution in [0.15, 0.2) is 42.5 Å². The molecule has 1 aliphatic rings. The average molecular weight is 456 g/mol. The molecule has 0 saturated heterocycles. The molecule has 0 radical (unpaired) electrons. The summed E-state index contributed by atoms with van der Waals surface area (Å²) in [4.78, 5) is 12.8. The third-order valence-electron chi connectivity index (χ3n) is 5.26. The van der Waals surface area contributed by atoms with Crippen LogP contribution >= 0.6 is 0 Å². The third-order valence-corrected chi connectivity index (χ3v) is 5.26. The number of benzene rings is 3. The van der Waals surface area contributed by atoms with Crippen LogP contribution in [0.2, 0.25) is 0 Å². The van der Waals surface area contributed by atoms with Crippen LogP contribution in [-0.4, -0.2) is 49.8 Å². The molecule has 2 unspecified atom stereocenters. The molecular weight excluding hydrogens is 436 g/mol. The topological polar surface area (TPSA) is 166 Å². The molecular formula is C23H20O10. The quantitative estimate of drug-likeness (QED) is 0.254. The van der Waals surface area contributed by atoms with Crippen molar-refractivity contribution in [1.82, 2.24) is 0 Å². The Morgan fingerprint density at radius 3 is 2.27 bits per heavy atom. The van der Waals surface area contributed by atoms with Crippen LogP contribution in [0.5, 0.6) is 46.0 Å². The molecule has 6 N–H and O–H groups in total. The Bertz CT molecular complexity index is 1210. The highest BCUT2D eigenvalue weighted by Gasteiger charge is 2.37. The highest BCUT2D eigenvalue weighted by molar-refractivity contribution is 5.91. The molecule has 2 atom stereocenters.